The monoisotopic (exact) mass is 508 g/mol. The number of aromatic nitrogens is 2. The van der Waals surface area contributed by atoms with Gasteiger partial charge in [-0.05, 0) is 42.0 Å². The Labute approximate surface area is 190 Å². The first-order valence-electron chi connectivity index (χ1n) is 8.60. The minimum absolute atomic E-state index is 0.0819. The summed E-state index contributed by atoms with van der Waals surface area (Å²) < 4.78 is 66.4. The van der Waals surface area contributed by atoms with Crippen molar-refractivity contribution in [1.29, 1.82) is 0 Å². The van der Waals surface area contributed by atoms with Gasteiger partial charge >= 0.3 is 27.3 Å². The molecule has 1 amide bonds. The maximum Gasteiger partial charge on any atom is 0.516 e. The number of hydrogen-bond acceptors (Lipinski definition) is 6. The molecule has 1 heterocycles. The third-order valence-electron chi connectivity index (χ3n) is 4.05. The molecule has 0 spiro atoms. The van der Waals surface area contributed by atoms with E-state index in [0.717, 1.165) is 12.1 Å². The van der Waals surface area contributed by atoms with Crippen LogP contribution < -0.4 is 4.72 Å². The Morgan fingerprint density at radius 3 is 2.34 bits per heavy atom. The van der Waals surface area contributed by atoms with Gasteiger partial charge in [-0.3, -0.25) is 9.52 Å². The van der Waals surface area contributed by atoms with Crippen LogP contribution in [0, 0.1) is 0 Å². The molecule has 0 radical (unpaired) electrons. The lowest BCUT2D eigenvalue weighted by atomic mass is 10.2. The highest BCUT2D eigenvalue weighted by Crippen LogP contribution is 2.27. The van der Waals surface area contributed by atoms with E-state index in [1.165, 1.54) is 28.8 Å². The van der Waals surface area contributed by atoms with Gasteiger partial charge in [-0.15, -0.1) is 10.2 Å². The second-order valence-electron chi connectivity index (χ2n) is 6.45. The topological polar surface area (TPSA) is 105 Å². The first-order chi connectivity index (χ1) is 14.9. The zero-order chi connectivity index (χ0) is 23.7. The SMILES string of the molecule is CN(Cc1ccc(Cl)c(Cl)c1)C(=O)c1nnc(-c2ccc(NS(=O)(=O)C(F)(F)F)cc2)o1. The van der Waals surface area contributed by atoms with Gasteiger partial charge < -0.3 is 9.32 Å². The summed E-state index contributed by atoms with van der Waals surface area (Å²) >= 11 is 11.8. The van der Waals surface area contributed by atoms with E-state index in [2.05, 4.69) is 10.2 Å². The zero-order valence-corrected chi connectivity index (χ0v) is 18.3. The summed E-state index contributed by atoms with van der Waals surface area (Å²) in [5.74, 6) is -0.977. The number of nitrogens with zero attached hydrogens (tertiary/aromatic N) is 3. The first-order valence-corrected chi connectivity index (χ1v) is 10.8. The fourth-order valence-corrected chi connectivity index (χ4v) is 3.35. The van der Waals surface area contributed by atoms with E-state index < -0.39 is 21.4 Å². The Bertz CT molecular complexity index is 1250. The number of sulfonamides is 1. The van der Waals surface area contributed by atoms with Crippen LogP contribution >= 0.6 is 23.2 Å². The van der Waals surface area contributed by atoms with Crippen molar-refractivity contribution < 1.29 is 30.8 Å². The van der Waals surface area contributed by atoms with E-state index in [4.69, 9.17) is 27.6 Å². The highest BCUT2D eigenvalue weighted by atomic mass is 35.5. The van der Waals surface area contributed by atoms with E-state index in [-0.39, 0.29) is 29.6 Å². The van der Waals surface area contributed by atoms with Crippen LogP contribution in [0.5, 0.6) is 0 Å². The van der Waals surface area contributed by atoms with Crippen LogP contribution in [0.15, 0.2) is 46.9 Å². The molecule has 1 aromatic heterocycles. The van der Waals surface area contributed by atoms with Gasteiger partial charge in [0.25, 0.3) is 0 Å². The molecule has 0 aliphatic carbocycles. The molecule has 0 saturated carbocycles. The Hall–Kier alpha value is -2.83. The van der Waals surface area contributed by atoms with Gasteiger partial charge in [-0.2, -0.15) is 21.6 Å². The lowest BCUT2D eigenvalue weighted by Crippen LogP contribution is -2.29. The molecular formula is C18H13Cl2F3N4O4S. The largest absolute Gasteiger partial charge is 0.516 e. The summed E-state index contributed by atoms with van der Waals surface area (Å²) in [6.07, 6.45) is 0. The number of rotatable bonds is 6. The maximum absolute atomic E-state index is 12.5. The Kier molecular flexibility index (Phi) is 6.67. The highest BCUT2D eigenvalue weighted by molar-refractivity contribution is 7.93. The van der Waals surface area contributed by atoms with E-state index in [0.29, 0.717) is 15.6 Å². The van der Waals surface area contributed by atoms with E-state index in [9.17, 15) is 26.4 Å². The van der Waals surface area contributed by atoms with Gasteiger partial charge in [-0.25, -0.2) is 0 Å². The van der Waals surface area contributed by atoms with Crippen molar-refractivity contribution in [2.24, 2.45) is 0 Å². The number of carbonyl (C=O) groups excluding carboxylic acids is 1. The van der Waals surface area contributed by atoms with Crippen LogP contribution in [0.2, 0.25) is 10.0 Å². The second kappa shape index (κ2) is 8.96. The van der Waals surface area contributed by atoms with Crippen molar-refractivity contribution in [3.8, 4) is 11.5 Å². The van der Waals surface area contributed by atoms with Crippen LogP contribution in [0.1, 0.15) is 16.2 Å². The van der Waals surface area contributed by atoms with Crippen molar-refractivity contribution in [3.05, 3.63) is 64.0 Å². The van der Waals surface area contributed by atoms with E-state index in [1.807, 2.05) is 0 Å². The Morgan fingerprint density at radius 1 is 1.09 bits per heavy atom. The van der Waals surface area contributed by atoms with Gasteiger partial charge in [0.2, 0.25) is 5.89 Å². The number of nitrogens with one attached hydrogen (secondary N) is 1. The summed E-state index contributed by atoms with van der Waals surface area (Å²) in [7, 11) is -4.03. The number of hydrogen-bond donors (Lipinski definition) is 1. The predicted octanol–water partition coefficient (Wildman–Crippen LogP) is 4.58. The molecule has 0 unspecified atom stereocenters. The number of halogens is 5. The molecule has 0 aliphatic rings. The summed E-state index contributed by atoms with van der Waals surface area (Å²) in [5.41, 5.74) is -4.79. The van der Waals surface area contributed by atoms with Crippen LogP contribution in [-0.2, 0) is 16.6 Å². The third-order valence-corrected chi connectivity index (χ3v) is 5.90. The number of benzene rings is 2. The fraction of sp³-hybridized carbons (Fsp3) is 0.167. The van der Waals surface area contributed by atoms with Crippen LogP contribution in [-0.4, -0.2) is 42.0 Å². The van der Waals surface area contributed by atoms with Crippen molar-refractivity contribution in [2.45, 2.75) is 12.1 Å². The molecule has 3 aromatic rings. The molecule has 0 saturated heterocycles. The van der Waals surface area contributed by atoms with Gasteiger partial charge in [0.05, 0.1) is 10.0 Å². The summed E-state index contributed by atoms with van der Waals surface area (Å²) in [4.78, 5) is 13.8. The molecule has 0 aliphatic heterocycles. The van der Waals surface area contributed by atoms with Crippen LogP contribution in [0.3, 0.4) is 0 Å². The van der Waals surface area contributed by atoms with Crippen molar-refractivity contribution >= 4 is 44.8 Å². The summed E-state index contributed by atoms with van der Waals surface area (Å²) in [6, 6.07) is 9.60. The smallest absolute Gasteiger partial charge is 0.412 e. The molecule has 14 heteroatoms. The molecule has 0 fully saturated rings. The second-order valence-corrected chi connectivity index (χ2v) is 8.94. The Morgan fingerprint density at radius 2 is 1.75 bits per heavy atom. The number of anilines is 1. The predicted molar refractivity (Wildman–Crippen MR) is 111 cm³/mol. The van der Waals surface area contributed by atoms with Crippen molar-refractivity contribution in [1.82, 2.24) is 15.1 Å². The quantitative estimate of drug-likeness (QED) is 0.522. The minimum atomic E-state index is -5.54. The van der Waals surface area contributed by atoms with Gasteiger partial charge in [0.15, 0.2) is 0 Å². The molecule has 8 nitrogen and oxygen atoms in total. The lowest BCUT2D eigenvalue weighted by Gasteiger charge is -2.15. The summed E-state index contributed by atoms with van der Waals surface area (Å²) in [6.45, 7) is 0.182. The minimum Gasteiger partial charge on any atom is -0.412 e. The zero-order valence-electron chi connectivity index (χ0n) is 16.0. The molecule has 32 heavy (non-hydrogen) atoms. The van der Waals surface area contributed by atoms with Crippen molar-refractivity contribution in [3.63, 3.8) is 0 Å². The molecule has 2 aromatic carbocycles. The standard InChI is InChI=1S/C18H13Cl2F3N4O4S/c1-27(9-10-2-7-13(19)14(20)8-10)17(28)16-25-24-15(31-16)11-3-5-12(6-4-11)26-32(29,30)18(21,22)23/h2-8,26H,9H2,1H3. The van der Waals surface area contributed by atoms with Crippen LogP contribution in [0.25, 0.3) is 11.5 Å². The number of amides is 1. The van der Waals surface area contributed by atoms with Crippen molar-refractivity contribution in [2.75, 3.05) is 11.8 Å². The van der Waals surface area contributed by atoms with Gasteiger partial charge in [0.1, 0.15) is 0 Å². The Balaban J connectivity index is 1.70. The highest BCUT2D eigenvalue weighted by Gasteiger charge is 2.46. The fourth-order valence-electron chi connectivity index (χ4n) is 2.47. The van der Waals surface area contributed by atoms with Crippen LogP contribution in [0.4, 0.5) is 18.9 Å². The molecule has 0 bridgehead atoms. The first kappa shape index (κ1) is 23.8. The molecule has 1 N–H and O–H groups in total. The maximum atomic E-state index is 12.5. The van der Waals surface area contributed by atoms with Gasteiger partial charge in [-0.1, -0.05) is 29.3 Å². The third kappa shape index (κ3) is 5.31. The van der Waals surface area contributed by atoms with Gasteiger partial charge in [0, 0.05) is 24.8 Å². The molecule has 170 valence electrons. The average molecular weight is 509 g/mol. The normalized spacial score (nSPS) is 11.9. The lowest BCUT2D eigenvalue weighted by molar-refractivity contribution is -0.0429. The molecular weight excluding hydrogens is 496 g/mol. The van der Waals surface area contributed by atoms with E-state index in [1.54, 1.807) is 18.2 Å². The summed E-state index contributed by atoms with van der Waals surface area (Å²) in [5, 5.41) is 8.15. The molecule has 0 atom stereocenters. The molecule has 3 rings (SSSR count). The number of alkyl halides is 3. The van der Waals surface area contributed by atoms with E-state index >= 15 is 0 Å². The number of carbonyl (C=O) groups is 1. The average Bonchev–Trinajstić information content (AvgIpc) is 3.19.